The zero-order valence-electron chi connectivity index (χ0n) is 13.1. The first-order valence-corrected chi connectivity index (χ1v) is 7.77. The van der Waals surface area contributed by atoms with E-state index in [1.54, 1.807) is 23.6 Å². The van der Waals surface area contributed by atoms with Crippen LogP contribution in [0, 0.1) is 5.92 Å². The highest BCUT2D eigenvalue weighted by Crippen LogP contribution is 2.16. The van der Waals surface area contributed by atoms with Crippen LogP contribution in [-0.2, 0) is 6.54 Å². The molecule has 2 aromatic heterocycles. The summed E-state index contributed by atoms with van der Waals surface area (Å²) >= 11 is 0. The number of pyridine rings is 1. The molecule has 23 heavy (non-hydrogen) atoms. The summed E-state index contributed by atoms with van der Waals surface area (Å²) in [7, 11) is 0. The first kappa shape index (κ1) is 15.5. The number of hydrogen-bond acceptors (Lipinski definition) is 4. The highest BCUT2D eigenvalue weighted by Gasteiger charge is 2.26. The van der Waals surface area contributed by atoms with Crippen molar-refractivity contribution in [2.45, 2.75) is 26.0 Å². The molecule has 3 heterocycles. The molecule has 122 valence electrons. The molecule has 2 amide bonds. The number of aromatic nitrogens is 3. The van der Waals surface area contributed by atoms with E-state index in [-0.39, 0.29) is 11.9 Å². The number of aliphatic hydroxyl groups excluding tert-OH is 1. The Morgan fingerprint density at radius 1 is 1.48 bits per heavy atom. The van der Waals surface area contributed by atoms with E-state index in [9.17, 15) is 9.90 Å². The molecule has 7 heteroatoms. The number of carbonyl (C=O) groups excluding carboxylic acids is 1. The van der Waals surface area contributed by atoms with Gasteiger partial charge in [-0.15, -0.1) is 0 Å². The van der Waals surface area contributed by atoms with Gasteiger partial charge in [-0.05, 0) is 24.0 Å². The second-order valence-electron chi connectivity index (χ2n) is 5.93. The first-order valence-electron chi connectivity index (χ1n) is 7.77. The topological polar surface area (TPSA) is 83.3 Å². The summed E-state index contributed by atoms with van der Waals surface area (Å²) in [5, 5.41) is 12.7. The summed E-state index contributed by atoms with van der Waals surface area (Å²) in [5.41, 5.74) is 0.924. The summed E-state index contributed by atoms with van der Waals surface area (Å²) in [6.07, 6.45) is 7.34. The lowest BCUT2D eigenvalue weighted by molar-refractivity contribution is 0.0435. The van der Waals surface area contributed by atoms with Crippen molar-refractivity contribution in [3.05, 3.63) is 42.6 Å². The number of imidazole rings is 1. The van der Waals surface area contributed by atoms with E-state index in [4.69, 9.17) is 0 Å². The minimum Gasteiger partial charge on any atom is -0.391 e. The number of nitrogens with one attached hydrogen (secondary N) is 1. The average molecular weight is 315 g/mol. The molecule has 0 aliphatic carbocycles. The van der Waals surface area contributed by atoms with Crippen molar-refractivity contribution in [3.8, 4) is 5.82 Å². The number of urea groups is 1. The molecule has 2 unspecified atom stereocenters. The Morgan fingerprint density at radius 3 is 3.00 bits per heavy atom. The van der Waals surface area contributed by atoms with Crippen molar-refractivity contribution < 1.29 is 9.90 Å². The standard InChI is InChI=1S/C16H21N5O2/c1-12-4-6-20(10-14(12)22)16(23)19-9-13-2-3-15(18-8-13)21-7-5-17-11-21/h2-3,5,7-8,11-12,14,22H,4,6,9-10H2,1H3,(H,19,23). The fourth-order valence-electron chi connectivity index (χ4n) is 2.59. The fraction of sp³-hybridized carbons (Fsp3) is 0.438. The van der Waals surface area contributed by atoms with E-state index >= 15 is 0 Å². The van der Waals surface area contributed by atoms with Crippen LogP contribution in [0.4, 0.5) is 4.79 Å². The average Bonchev–Trinajstić information content (AvgIpc) is 3.10. The van der Waals surface area contributed by atoms with Gasteiger partial charge in [-0.25, -0.2) is 14.8 Å². The van der Waals surface area contributed by atoms with Crippen LogP contribution in [0.1, 0.15) is 18.9 Å². The Balaban J connectivity index is 1.53. The highest BCUT2D eigenvalue weighted by atomic mass is 16.3. The largest absolute Gasteiger partial charge is 0.391 e. The van der Waals surface area contributed by atoms with E-state index in [0.29, 0.717) is 19.6 Å². The summed E-state index contributed by atoms with van der Waals surface area (Å²) < 4.78 is 1.82. The number of hydrogen-bond donors (Lipinski definition) is 2. The van der Waals surface area contributed by atoms with Crippen molar-refractivity contribution in [2.75, 3.05) is 13.1 Å². The van der Waals surface area contributed by atoms with Crippen LogP contribution in [-0.4, -0.2) is 49.8 Å². The molecule has 0 radical (unpaired) electrons. The van der Waals surface area contributed by atoms with E-state index < -0.39 is 6.10 Å². The number of aliphatic hydroxyl groups is 1. The Labute approximate surface area is 135 Å². The normalized spacial score (nSPS) is 21.2. The zero-order valence-corrected chi connectivity index (χ0v) is 13.1. The lowest BCUT2D eigenvalue weighted by Gasteiger charge is -2.34. The molecule has 0 spiro atoms. The summed E-state index contributed by atoms with van der Waals surface area (Å²) in [6.45, 7) is 3.50. The predicted molar refractivity (Wildman–Crippen MR) is 85.0 cm³/mol. The van der Waals surface area contributed by atoms with Gasteiger partial charge in [0.05, 0.1) is 6.10 Å². The molecule has 1 aliphatic heterocycles. The summed E-state index contributed by atoms with van der Waals surface area (Å²) in [5.74, 6) is 1.03. The predicted octanol–water partition coefficient (Wildman–Crippen LogP) is 1.18. The van der Waals surface area contributed by atoms with Gasteiger partial charge in [0.2, 0.25) is 0 Å². The Bertz CT molecular complexity index is 641. The van der Waals surface area contributed by atoms with Gasteiger partial charge in [0, 0.05) is 38.2 Å². The van der Waals surface area contributed by atoms with Crippen LogP contribution in [0.5, 0.6) is 0 Å². The van der Waals surface area contributed by atoms with Gasteiger partial charge >= 0.3 is 6.03 Å². The van der Waals surface area contributed by atoms with Crippen molar-refractivity contribution in [1.29, 1.82) is 0 Å². The molecule has 3 rings (SSSR count). The number of nitrogens with zero attached hydrogens (tertiary/aromatic N) is 4. The molecule has 0 saturated carbocycles. The Kier molecular flexibility index (Phi) is 4.57. The van der Waals surface area contributed by atoms with Gasteiger partial charge in [0.25, 0.3) is 0 Å². The van der Waals surface area contributed by atoms with Crippen LogP contribution in [0.25, 0.3) is 5.82 Å². The van der Waals surface area contributed by atoms with Gasteiger partial charge in [-0.3, -0.25) is 4.57 Å². The second kappa shape index (κ2) is 6.78. The minimum absolute atomic E-state index is 0.144. The van der Waals surface area contributed by atoms with Crippen molar-refractivity contribution in [3.63, 3.8) is 0 Å². The third-order valence-corrected chi connectivity index (χ3v) is 4.23. The van der Waals surface area contributed by atoms with Crippen LogP contribution in [0.3, 0.4) is 0 Å². The van der Waals surface area contributed by atoms with E-state index in [0.717, 1.165) is 17.8 Å². The van der Waals surface area contributed by atoms with Crippen molar-refractivity contribution in [1.82, 2.24) is 24.8 Å². The molecule has 0 bridgehead atoms. The van der Waals surface area contributed by atoms with Gasteiger partial charge in [-0.2, -0.15) is 0 Å². The minimum atomic E-state index is -0.439. The molecule has 0 aromatic carbocycles. The summed E-state index contributed by atoms with van der Waals surface area (Å²) in [4.78, 5) is 22.1. The van der Waals surface area contributed by atoms with Gasteiger partial charge < -0.3 is 15.3 Å². The maximum Gasteiger partial charge on any atom is 0.317 e. The van der Waals surface area contributed by atoms with Crippen LogP contribution >= 0.6 is 0 Å². The Morgan fingerprint density at radius 2 is 2.35 bits per heavy atom. The SMILES string of the molecule is CC1CCN(C(=O)NCc2ccc(-n3ccnc3)nc2)CC1O. The molecule has 2 aromatic rings. The molecule has 7 nitrogen and oxygen atoms in total. The van der Waals surface area contributed by atoms with Crippen LogP contribution in [0.2, 0.25) is 0 Å². The third kappa shape index (κ3) is 3.68. The number of piperidine rings is 1. The lowest BCUT2D eigenvalue weighted by atomic mass is 9.96. The molecule has 2 atom stereocenters. The molecule has 1 saturated heterocycles. The number of rotatable bonds is 3. The smallest absolute Gasteiger partial charge is 0.317 e. The van der Waals surface area contributed by atoms with Crippen molar-refractivity contribution >= 4 is 6.03 Å². The molecular formula is C16H21N5O2. The maximum absolute atomic E-state index is 12.1. The molecule has 1 fully saturated rings. The monoisotopic (exact) mass is 315 g/mol. The maximum atomic E-state index is 12.1. The molecular weight excluding hydrogens is 294 g/mol. The lowest BCUT2D eigenvalue weighted by Crippen LogP contribution is -2.49. The zero-order chi connectivity index (χ0) is 16.2. The third-order valence-electron chi connectivity index (χ3n) is 4.23. The number of β-amino-alcohol motifs (C(OH)–C–C–N with tert-alkyl or cyclic N) is 1. The van der Waals surface area contributed by atoms with Gasteiger partial charge in [-0.1, -0.05) is 13.0 Å². The Hall–Kier alpha value is -2.41. The quantitative estimate of drug-likeness (QED) is 0.891. The summed E-state index contributed by atoms with van der Waals surface area (Å²) in [6, 6.07) is 3.67. The number of amides is 2. The van der Waals surface area contributed by atoms with Crippen LogP contribution in [0.15, 0.2) is 37.1 Å². The van der Waals surface area contributed by atoms with E-state index in [1.165, 1.54) is 0 Å². The molecule has 1 aliphatic rings. The number of carbonyl (C=O) groups is 1. The van der Waals surface area contributed by atoms with E-state index in [2.05, 4.69) is 15.3 Å². The highest BCUT2D eigenvalue weighted by molar-refractivity contribution is 5.74. The van der Waals surface area contributed by atoms with Gasteiger partial charge in [0.15, 0.2) is 0 Å². The number of likely N-dealkylation sites (tertiary alicyclic amines) is 1. The van der Waals surface area contributed by atoms with Gasteiger partial charge in [0.1, 0.15) is 12.1 Å². The first-order chi connectivity index (χ1) is 11.1. The van der Waals surface area contributed by atoms with E-state index in [1.807, 2.05) is 29.8 Å². The molecule has 2 N–H and O–H groups in total. The van der Waals surface area contributed by atoms with Crippen molar-refractivity contribution in [2.24, 2.45) is 5.92 Å². The fourth-order valence-corrected chi connectivity index (χ4v) is 2.59. The second-order valence-corrected chi connectivity index (χ2v) is 5.93. The van der Waals surface area contributed by atoms with Crippen LogP contribution < -0.4 is 5.32 Å².